The number of halogens is 1. The molecule has 0 amide bonds. The Bertz CT molecular complexity index is 743. The molecule has 0 atom stereocenters. The molecule has 1 heterocycles. The monoisotopic (exact) mass is 318 g/mol. The molecule has 0 fully saturated rings. The average molecular weight is 319 g/mol. The second-order valence-corrected chi connectivity index (χ2v) is 5.67. The molecule has 4 nitrogen and oxygen atoms in total. The van der Waals surface area contributed by atoms with Crippen LogP contribution < -0.4 is 0 Å². The van der Waals surface area contributed by atoms with Crippen molar-refractivity contribution in [1.29, 1.82) is 0 Å². The quantitative estimate of drug-likeness (QED) is 0.723. The highest BCUT2D eigenvalue weighted by atomic mass is 35.5. The van der Waals surface area contributed by atoms with Gasteiger partial charge < -0.3 is 9.52 Å². The predicted octanol–water partition coefficient (Wildman–Crippen LogP) is 4.39. The summed E-state index contributed by atoms with van der Waals surface area (Å²) in [4.78, 5) is 0. The maximum Gasteiger partial charge on any atom is 0.277 e. The van der Waals surface area contributed by atoms with E-state index in [2.05, 4.69) is 10.2 Å². The zero-order valence-electron chi connectivity index (χ0n) is 10.9. The van der Waals surface area contributed by atoms with Gasteiger partial charge in [0, 0.05) is 10.8 Å². The van der Waals surface area contributed by atoms with E-state index in [1.54, 1.807) is 24.3 Å². The number of phenolic OH excluding ortho intramolecular Hbond substituents is 1. The van der Waals surface area contributed by atoms with E-state index in [-0.39, 0.29) is 5.75 Å². The third kappa shape index (κ3) is 3.37. The van der Waals surface area contributed by atoms with Crippen LogP contribution in [0.3, 0.4) is 0 Å². The average Bonchev–Trinajstić information content (AvgIpc) is 2.96. The van der Waals surface area contributed by atoms with E-state index in [1.807, 2.05) is 24.3 Å². The highest BCUT2D eigenvalue weighted by Gasteiger charge is 2.12. The topological polar surface area (TPSA) is 59.2 Å². The summed E-state index contributed by atoms with van der Waals surface area (Å²) in [6.45, 7) is 0. The molecular weight excluding hydrogens is 308 g/mol. The van der Waals surface area contributed by atoms with Crippen molar-refractivity contribution < 1.29 is 9.52 Å². The van der Waals surface area contributed by atoms with Crippen LogP contribution in [0.4, 0.5) is 0 Å². The number of hydrogen-bond donors (Lipinski definition) is 1. The van der Waals surface area contributed by atoms with Crippen LogP contribution in [0.25, 0.3) is 11.5 Å². The third-order valence-electron chi connectivity index (χ3n) is 2.82. The van der Waals surface area contributed by atoms with Crippen LogP contribution >= 0.6 is 23.4 Å². The number of thioether (sulfide) groups is 1. The van der Waals surface area contributed by atoms with Crippen molar-refractivity contribution in [2.45, 2.75) is 11.0 Å². The van der Waals surface area contributed by atoms with Gasteiger partial charge in [-0.25, -0.2) is 0 Å². The van der Waals surface area contributed by atoms with E-state index >= 15 is 0 Å². The molecule has 0 bridgehead atoms. The van der Waals surface area contributed by atoms with Gasteiger partial charge in [-0.15, -0.1) is 10.2 Å². The molecule has 0 radical (unpaired) electrons. The first-order valence-electron chi connectivity index (χ1n) is 6.21. The number of aromatic hydroxyl groups is 1. The van der Waals surface area contributed by atoms with Crippen LogP contribution in [0, 0.1) is 0 Å². The number of hydrogen-bond acceptors (Lipinski definition) is 5. The standard InChI is InChI=1S/C15H11ClN2O2S/c16-11-7-5-10(6-8-11)9-21-15-18-17-14(20-15)12-3-1-2-4-13(12)19/h1-8,19H,9H2. The number of rotatable bonds is 4. The smallest absolute Gasteiger partial charge is 0.277 e. The number of para-hydroxylation sites is 1. The fourth-order valence-electron chi connectivity index (χ4n) is 1.76. The van der Waals surface area contributed by atoms with Crippen molar-refractivity contribution in [3.63, 3.8) is 0 Å². The van der Waals surface area contributed by atoms with Crippen LogP contribution in [-0.2, 0) is 5.75 Å². The van der Waals surface area contributed by atoms with Gasteiger partial charge in [0.05, 0.1) is 5.56 Å². The summed E-state index contributed by atoms with van der Waals surface area (Å²) in [5.74, 6) is 1.14. The number of benzene rings is 2. The highest BCUT2D eigenvalue weighted by Crippen LogP contribution is 2.30. The molecule has 0 aliphatic carbocycles. The molecule has 0 aliphatic heterocycles. The Labute approximate surface area is 130 Å². The summed E-state index contributed by atoms with van der Waals surface area (Å²) in [6, 6.07) is 14.5. The molecule has 2 aromatic carbocycles. The molecule has 0 unspecified atom stereocenters. The molecule has 3 aromatic rings. The lowest BCUT2D eigenvalue weighted by Gasteiger charge is -1.99. The minimum absolute atomic E-state index is 0.121. The zero-order valence-corrected chi connectivity index (χ0v) is 12.4. The molecule has 1 aromatic heterocycles. The number of aromatic nitrogens is 2. The Morgan fingerprint density at radius 1 is 1.05 bits per heavy atom. The lowest BCUT2D eigenvalue weighted by atomic mass is 10.2. The lowest BCUT2D eigenvalue weighted by Crippen LogP contribution is -1.79. The third-order valence-corrected chi connectivity index (χ3v) is 3.96. The summed E-state index contributed by atoms with van der Waals surface area (Å²) >= 11 is 7.28. The SMILES string of the molecule is Oc1ccccc1-c1nnc(SCc2ccc(Cl)cc2)o1. The highest BCUT2D eigenvalue weighted by molar-refractivity contribution is 7.98. The van der Waals surface area contributed by atoms with Crippen LogP contribution in [0.2, 0.25) is 5.02 Å². The summed E-state index contributed by atoms with van der Waals surface area (Å²) in [5, 5.41) is 18.9. The van der Waals surface area contributed by atoms with Gasteiger partial charge >= 0.3 is 0 Å². The van der Waals surface area contributed by atoms with E-state index in [4.69, 9.17) is 16.0 Å². The Balaban J connectivity index is 1.71. The minimum atomic E-state index is 0.121. The minimum Gasteiger partial charge on any atom is -0.507 e. The van der Waals surface area contributed by atoms with E-state index in [9.17, 15) is 5.11 Å². The van der Waals surface area contributed by atoms with Gasteiger partial charge in [0.2, 0.25) is 0 Å². The first kappa shape index (κ1) is 14.0. The molecule has 106 valence electrons. The van der Waals surface area contributed by atoms with Crippen molar-refractivity contribution in [2.24, 2.45) is 0 Å². The fraction of sp³-hybridized carbons (Fsp3) is 0.0667. The van der Waals surface area contributed by atoms with Gasteiger partial charge in [-0.1, -0.05) is 47.6 Å². The molecule has 0 saturated heterocycles. The van der Waals surface area contributed by atoms with Crippen LogP contribution in [-0.4, -0.2) is 15.3 Å². The van der Waals surface area contributed by atoms with Gasteiger partial charge in [-0.2, -0.15) is 0 Å². The van der Waals surface area contributed by atoms with Crippen LogP contribution in [0.1, 0.15) is 5.56 Å². The van der Waals surface area contributed by atoms with E-state index < -0.39 is 0 Å². The molecule has 6 heteroatoms. The molecule has 3 rings (SSSR count). The first-order chi connectivity index (χ1) is 10.2. The molecule has 21 heavy (non-hydrogen) atoms. The predicted molar refractivity (Wildman–Crippen MR) is 82.4 cm³/mol. The maximum atomic E-state index is 9.76. The first-order valence-corrected chi connectivity index (χ1v) is 7.58. The van der Waals surface area contributed by atoms with Crippen molar-refractivity contribution >= 4 is 23.4 Å². The van der Waals surface area contributed by atoms with Gasteiger partial charge in [-0.05, 0) is 29.8 Å². The van der Waals surface area contributed by atoms with E-state index in [0.717, 1.165) is 5.56 Å². The lowest BCUT2D eigenvalue weighted by molar-refractivity contribution is 0.452. The Morgan fingerprint density at radius 3 is 2.57 bits per heavy atom. The Morgan fingerprint density at radius 2 is 1.81 bits per heavy atom. The molecular formula is C15H11ClN2O2S. The molecule has 0 aliphatic rings. The zero-order chi connectivity index (χ0) is 14.7. The normalized spacial score (nSPS) is 10.7. The molecule has 1 N–H and O–H groups in total. The largest absolute Gasteiger partial charge is 0.507 e. The summed E-state index contributed by atoms with van der Waals surface area (Å²) in [5.41, 5.74) is 1.65. The van der Waals surface area contributed by atoms with Crippen molar-refractivity contribution in [2.75, 3.05) is 0 Å². The number of nitrogens with zero attached hydrogens (tertiary/aromatic N) is 2. The molecule has 0 saturated carbocycles. The Hall–Kier alpha value is -1.98. The van der Waals surface area contributed by atoms with Gasteiger partial charge in [-0.3, -0.25) is 0 Å². The summed E-state index contributed by atoms with van der Waals surface area (Å²) < 4.78 is 5.55. The van der Waals surface area contributed by atoms with Crippen LogP contribution in [0.15, 0.2) is 58.2 Å². The van der Waals surface area contributed by atoms with Crippen molar-refractivity contribution in [1.82, 2.24) is 10.2 Å². The van der Waals surface area contributed by atoms with Gasteiger partial charge in [0.25, 0.3) is 11.1 Å². The Kier molecular flexibility index (Phi) is 4.13. The molecule has 0 spiro atoms. The van der Waals surface area contributed by atoms with Crippen molar-refractivity contribution in [3.8, 4) is 17.2 Å². The van der Waals surface area contributed by atoms with Crippen molar-refractivity contribution in [3.05, 3.63) is 59.1 Å². The maximum absolute atomic E-state index is 9.76. The fourth-order valence-corrected chi connectivity index (χ4v) is 2.60. The second-order valence-electron chi connectivity index (χ2n) is 4.31. The van der Waals surface area contributed by atoms with Crippen LogP contribution in [0.5, 0.6) is 5.75 Å². The number of phenols is 1. The van der Waals surface area contributed by atoms with Gasteiger partial charge in [0.1, 0.15) is 5.75 Å². The summed E-state index contributed by atoms with van der Waals surface area (Å²) in [6.07, 6.45) is 0. The van der Waals surface area contributed by atoms with Gasteiger partial charge in [0.15, 0.2) is 0 Å². The second kappa shape index (κ2) is 6.20. The van der Waals surface area contributed by atoms with E-state index in [0.29, 0.717) is 27.5 Å². The summed E-state index contributed by atoms with van der Waals surface area (Å²) in [7, 11) is 0. The van der Waals surface area contributed by atoms with E-state index in [1.165, 1.54) is 11.8 Å².